The second-order valence-corrected chi connectivity index (χ2v) is 8.84. The summed E-state index contributed by atoms with van der Waals surface area (Å²) in [6.07, 6.45) is -8.61. The van der Waals surface area contributed by atoms with E-state index < -0.39 is 41.2 Å². The predicted molar refractivity (Wildman–Crippen MR) is 123 cm³/mol. The standard InChI is InChI=1S/C26H20F7N3O2/c1-14-2-4-17-13-36(24(38)16-5-7-21(34-12-16)26(31,32)33)9-8-18(17)23(14)35-22(37)11-15-3-6-19(20(27)10-15)25(28,29)30/h2-7,10,12H,8-9,11,13H2,1H3,(H,35,37). The molecule has 0 aliphatic carbocycles. The summed E-state index contributed by atoms with van der Waals surface area (Å²) in [4.78, 5) is 30.3. The average molecular weight is 539 g/mol. The summed E-state index contributed by atoms with van der Waals surface area (Å²) in [5.41, 5.74) is 0.222. The van der Waals surface area contributed by atoms with Gasteiger partial charge in [0.2, 0.25) is 5.91 Å². The molecule has 1 aliphatic heterocycles. The summed E-state index contributed by atoms with van der Waals surface area (Å²) in [6.45, 7) is 2.12. The minimum absolute atomic E-state index is 0.00543. The zero-order valence-corrected chi connectivity index (χ0v) is 19.8. The third-order valence-electron chi connectivity index (χ3n) is 6.17. The van der Waals surface area contributed by atoms with Crippen molar-refractivity contribution < 1.29 is 40.3 Å². The number of halogens is 7. The van der Waals surface area contributed by atoms with Gasteiger partial charge in [-0.3, -0.25) is 14.6 Å². The highest BCUT2D eigenvalue weighted by Gasteiger charge is 2.34. The van der Waals surface area contributed by atoms with E-state index in [4.69, 9.17) is 0 Å². The number of pyridine rings is 1. The van der Waals surface area contributed by atoms with Crippen LogP contribution in [-0.4, -0.2) is 28.2 Å². The molecular weight excluding hydrogens is 519 g/mol. The summed E-state index contributed by atoms with van der Waals surface area (Å²) < 4.78 is 90.5. The SMILES string of the molecule is Cc1ccc2c(c1NC(=O)Cc1ccc(C(F)(F)F)c(F)c1)CCN(C(=O)c1ccc(C(F)(F)F)nc1)C2. The number of benzene rings is 2. The molecule has 0 saturated heterocycles. The van der Waals surface area contributed by atoms with Gasteiger partial charge < -0.3 is 10.2 Å². The van der Waals surface area contributed by atoms with Crippen LogP contribution in [-0.2, 0) is 36.5 Å². The number of carbonyl (C=O) groups is 2. The van der Waals surface area contributed by atoms with Gasteiger partial charge in [-0.05, 0) is 59.9 Å². The van der Waals surface area contributed by atoms with Gasteiger partial charge in [0, 0.05) is 25.0 Å². The Kier molecular flexibility index (Phi) is 7.18. The highest BCUT2D eigenvalue weighted by atomic mass is 19.4. The lowest BCUT2D eigenvalue weighted by atomic mass is 9.94. The van der Waals surface area contributed by atoms with Crippen LogP contribution in [0.5, 0.6) is 0 Å². The molecular formula is C26H20F7N3O2. The number of carbonyl (C=O) groups excluding carboxylic acids is 2. The summed E-state index contributed by atoms with van der Waals surface area (Å²) in [6, 6.07) is 7.61. The lowest BCUT2D eigenvalue weighted by Crippen LogP contribution is -2.36. The first-order valence-electron chi connectivity index (χ1n) is 11.3. The van der Waals surface area contributed by atoms with Crippen LogP contribution in [0.4, 0.5) is 36.4 Å². The van der Waals surface area contributed by atoms with Crippen molar-refractivity contribution in [1.82, 2.24) is 9.88 Å². The van der Waals surface area contributed by atoms with Crippen molar-refractivity contribution in [3.05, 3.63) is 93.6 Å². The number of alkyl halides is 6. The van der Waals surface area contributed by atoms with Gasteiger partial charge in [0.05, 0.1) is 17.5 Å². The zero-order valence-electron chi connectivity index (χ0n) is 19.8. The molecule has 200 valence electrons. The molecule has 0 radical (unpaired) electrons. The van der Waals surface area contributed by atoms with E-state index in [9.17, 15) is 40.3 Å². The molecule has 2 aromatic carbocycles. The Hall–Kier alpha value is -3.96. The third-order valence-corrected chi connectivity index (χ3v) is 6.17. The minimum atomic E-state index is -4.84. The number of hydrogen-bond acceptors (Lipinski definition) is 3. The van der Waals surface area contributed by atoms with Gasteiger partial charge in [0.15, 0.2) is 0 Å². The topological polar surface area (TPSA) is 62.3 Å². The van der Waals surface area contributed by atoms with Crippen molar-refractivity contribution in [2.75, 3.05) is 11.9 Å². The largest absolute Gasteiger partial charge is 0.433 e. The fourth-order valence-corrected chi connectivity index (χ4v) is 4.26. The Morgan fingerprint density at radius 1 is 1.00 bits per heavy atom. The molecule has 0 saturated carbocycles. The first kappa shape index (κ1) is 27.1. The van der Waals surface area contributed by atoms with Crippen LogP contribution in [0.15, 0.2) is 48.7 Å². The van der Waals surface area contributed by atoms with Gasteiger partial charge in [-0.25, -0.2) is 4.39 Å². The molecule has 1 N–H and O–H groups in total. The van der Waals surface area contributed by atoms with Crippen LogP contribution >= 0.6 is 0 Å². The van der Waals surface area contributed by atoms with Crippen molar-refractivity contribution in [3.63, 3.8) is 0 Å². The molecule has 0 bridgehead atoms. The molecule has 2 amide bonds. The second-order valence-electron chi connectivity index (χ2n) is 8.84. The smallest absolute Gasteiger partial charge is 0.334 e. The maximum Gasteiger partial charge on any atom is 0.433 e. The molecule has 12 heteroatoms. The Morgan fingerprint density at radius 2 is 1.74 bits per heavy atom. The van der Waals surface area contributed by atoms with Gasteiger partial charge in [0.1, 0.15) is 11.5 Å². The Morgan fingerprint density at radius 3 is 2.34 bits per heavy atom. The minimum Gasteiger partial charge on any atom is -0.334 e. The number of rotatable bonds is 4. The molecule has 4 rings (SSSR count). The zero-order chi connectivity index (χ0) is 27.8. The first-order valence-corrected chi connectivity index (χ1v) is 11.3. The monoisotopic (exact) mass is 539 g/mol. The Balaban J connectivity index is 1.47. The summed E-state index contributed by atoms with van der Waals surface area (Å²) in [5, 5.41) is 2.74. The van der Waals surface area contributed by atoms with Crippen molar-refractivity contribution >= 4 is 17.5 Å². The number of aryl methyl sites for hydroxylation is 1. The highest BCUT2D eigenvalue weighted by molar-refractivity contribution is 5.95. The lowest BCUT2D eigenvalue weighted by Gasteiger charge is -2.31. The predicted octanol–water partition coefficient (Wildman–Crippen LogP) is 5.95. The first-order chi connectivity index (χ1) is 17.7. The van der Waals surface area contributed by atoms with Crippen LogP contribution in [0.1, 0.15) is 43.9 Å². The Bertz CT molecular complexity index is 1380. The lowest BCUT2D eigenvalue weighted by molar-refractivity contribution is -0.141. The quantitative estimate of drug-likeness (QED) is 0.417. The maximum atomic E-state index is 13.9. The van der Waals surface area contributed by atoms with E-state index in [0.717, 1.165) is 30.0 Å². The molecule has 0 fully saturated rings. The third kappa shape index (κ3) is 5.79. The van der Waals surface area contributed by atoms with E-state index in [1.165, 1.54) is 4.90 Å². The Labute approximate surface area is 212 Å². The number of hydrogen-bond donors (Lipinski definition) is 1. The van der Waals surface area contributed by atoms with Gasteiger partial charge in [-0.15, -0.1) is 0 Å². The van der Waals surface area contributed by atoms with Crippen LogP contribution in [0.25, 0.3) is 0 Å². The molecule has 1 aromatic heterocycles. The van der Waals surface area contributed by atoms with Crippen LogP contribution < -0.4 is 5.32 Å². The van der Waals surface area contributed by atoms with E-state index in [-0.39, 0.29) is 30.6 Å². The van der Waals surface area contributed by atoms with E-state index in [0.29, 0.717) is 35.4 Å². The molecule has 0 unspecified atom stereocenters. The van der Waals surface area contributed by atoms with Gasteiger partial charge in [-0.2, -0.15) is 26.3 Å². The molecule has 0 atom stereocenters. The fraction of sp³-hybridized carbons (Fsp3) is 0.269. The van der Waals surface area contributed by atoms with Gasteiger partial charge in [0.25, 0.3) is 5.91 Å². The second kappa shape index (κ2) is 10.1. The maximum absolute atomic E-state index is 13.9. The average Bonchev–Trinajstić information content (AvgIpc) is 2.84. The number of anilines is 1. The van der Waals surface area contributed by atoms with E-state index >= 15 is 0 Å². The van der Waals surface area contributed by atoms with E-state index in [1.807, 2.05) is 0 Å². The highest BCUT2D eigenvalue weighted by Crippen LogP contribution is 2.33. The summed E-state index contributed by atoms with van der Waals surface area (Å²) in [5.74, 6) is -2.52. The van der Waals surface area contributed by atoms with Crippen molar-refractivity contribution in [2.45, 2.75) is 38.7 Å². The van der Waals surface area contributed by atoms with Crippen LogP contribution in [0, 0.1) is 12.7 Å². The normalized spacial score (nSPS) is 13.7. The van der Waals surface area contributed by atoms with Crippen molar-refractivity contribution in [3.8, 4) is 0 Å². The van der Waals surface area contributed by atoms with E-state index in [2.05, 4.69) is 10.3 Å². The summed E-state index contributed by atoms with van der Waals surface area (Å²) >= 11 is 0. The number of nitrogens with zero attached hydrogens (tertiary/aromatic N) is 2. The number of fused-ring (bicyclic) bond motifs is 1. The fourth-order valence-electron chi connectivity index (χ4n) is 4.26. The molecule has 2 heterocycles. The summed E-state index contributed by atoms with van der Waals surface area (Å²) in [7, 11) is 0. The van der Waals surface area contributed by atoms with Gasteiger partial charge in [-0.1, -0.05) is 18.2 Å². The van der Waals surface area contributed by atoms with Crippen LogP contribution in [0.3, 0.4) is 0 Å². The molecule has 0 spiro atoms. The number of aromatic nitrogens is 1. The molecule has 5 nitrogen and oxygen atoms in total. The molecule has 3 aromatic rings. The van der Waals surface area contributed by atoms with Crippen molar-refractivity contribution in [1.29, 1.82) is 0 Å². The van der Waals surface area contributed by atoms with Crippen LogP contribution in [0.2, 0.25) is 0 Å². The molecule has 1 aliphatic rings. The van der Waals surface area contributed by atoms with E-state index in [1.54, 1.807) is 19.1 Å². The van der Waals surface area contributed by atoms with Crippen molar-refractivity contribution in [2.24, 2.45) is 0 Å². The number of amides is 2. The number of nitrogens with one attached hydrogen (secondary N) is 1. The molecule has 38 heavy (non-hydrogen) atoms. The van der Waals surface area contributed by atoms with Gasteiger partial charge >= 0.3 is 12.4 Å².